The summed E-state index contributed by atoms with van der Waals surface area (Å²) in [5.41, 5.74) is 0.954. The van der Waals surface area contributed by atoms with Gasteiger partial charge in [0.15, 0.2) is 5.13 Å². The third-order valence-corrected chi connectivity index (χ3v) is 4.61. The topological polar surface area (TPSA) is 45.2 Å². The summed E-state index contributed by atoms with van der Waals surface area (Å²) < 4.78 is 0. The summed E-state index contributed by atoms with van der Waals surface area (Å²) in [5.74, 6) is -0.0686. The summed E-state index contributed by atoms with van der Waals surface area (Å²) in [6, 6.07) is 7.55. The second kappa shape index (κ2) is 6.94. The van der Waals surface area contributed by atoms with Gasteiger partial charge in [-0.15, -0.1) is 11.3 Å². The molecule has 1 aliphatic rings. The van der Waals surface area contributed by atoms with Crippen molar-refractivity contribution >= 4 is 40.1 Å². The van der Waals surface area contributed by atoms with Gasteiger partial charge in [0, 0.05) is 41.8 Å². The van der Waals surface area contributed by atoms with Crippen LogP contribution >= 0.6 is 22.9 Å². The minimum atomic E-state index is -0.0686. The fourth-order valence-corrected chi connectivity index (χ4v) is 3.23. The number of anilines is 1. The number of hydrogen-bond acceptors (Lipinski definition) is 4. The fourth-order valence-electron chi connectivity index (χ4n) is 2.42. The quantitative estimate of drug-likeness (QED) is 0.874. The molecule has 0 saturated carbocycles. The van der Waals surface area contributed by atoms with Gasteiger partial charge in [-0.3, -0.25) is 4.79 Å². The van der Waals surface area contributed by atoms with Gasteiger partial charge < -0.3 is 10.2 Å². The minimum absolute atomic E-state index is 0.0686. The van der Waals surface area contributed by atoms with Crippen molar-refractivity contribution in [2.24, 2.45) is 0 Å². The predicted molar refractivity (Wildman–Crippen MR) is 91.4 cm³/mol. The lowest BCUT2D eigenvalue weighted by Gasteiger charge is -2.15. The van der Waals surface area contributed by atoms with E-state index < -0.39 is 0 Å². The highest BCUT2D eigenvalue weighted by atomic mass is 35.5. The molecule has 114 valence electrons. The zero-order valence-electron chi connectivity index (χ0n) is 11.9. The van der Waals surface area contributed by atoms with E-state index in [-0.39, 0.29) is 11.9 Å². The fraction of sp³-hybridized carbons (Fsp3) is 0.250. The molecule has 4 nitrogen and oxygen atoms in total. The third-order valence-electron chi connectivity index (χ3n) is 3.52. The van der Waals surface area contributed by atoms with Gasteiger partial charge >= 0.3 is 0 Å². The zero-order valence-corrected chi connectivity index (χ0v) is 13.5. The van der Waals surface area contributed by atoms with E-state index in [0.717, 1.165) is 30.2 Å². The van der Waals surface area contributed by atoms with Gasteiger partial charge in [0.2, 0.25) is 5.91 Å². The maximum atomic E-state index is 12.0. The van der Waals surface area contributed by atoms with E-state index in [4.69, 9.17) is 11.6 Å². The largest absolute Gasteiger partial charge is 0.348 e. The molecule has 2 heterocycles. The SMILES string of the molecule is O=C(/C=C/c1ccc(Cl)cc1)NC1CCN(c2nccs2)C1. The first-order valence-corrected chi connectivity index (χ1v) is 8.35. The Morgan fingerprint density at radius 2 is 2.23 bits per heavy atom. The number of nitrogens with zero attached hydrogens (tertiary/aromatic N) is 2. The Balaban J connectivity index is 1.51. The highest BCUT2D eigenvalue weighted by Gasteiger charge is 2.24. The Morgan fingerprint density at radius 1 is 1.41 bits per heavy atom. The summed E-state index contributed by atoms with van der Waals surface area (Å²) in [6.07, 6.45) is 6.11. The average molecular weight is 334 g/mol. The first-order valence-electron chi connectivity index (χ1n) is 7.09. The molecule has 1 amide bonds. The van der Waals surface area contributed by atoms with Gasteiger partial charge in [0.25, 0.3) is 0 Å². The molecule has 2 aromatic rings. The smallest absolute Gasteiger partial charge is 0.244 e. The van der Waals surface area contributed by atoms with E-state index in [0.29, 0.717) is 5.02 Å². The second-order valence-corrected chi connectivity index (χ2v) is 6.45. The number of aromatic nitrogens is 1. The van der Waals surface area contributed by atoms with E-state index >= 15 is 0 Å². The normalized spacial score (nSPS) is 18.0. The average Bonchev–Trinajstić information content (AvgIpc) is 3.17. The maximum absolute atomic E-state index is 12.0. The van der Waals surface area contributed by atoms with Crippen LogP contribution in [-0.4, -0.2) is 30.0 Å². The van der Waals surface area contributed by atoms with Crippen molar-refractivity contribution in [1.29, 1.82) is 0 Å². The van der Waals surface area contributed by atoms with Crippen LogP contribution in [0, 0.1) is 0 Å². The molecule has 0 spiro atoms. The molecule has 1 N–H and O–H groups in total. The van der Waals surface area contributed by atoms with Crippen molar-refractivity contribution in [2.45, 2.75) is 12.5 Å². The van der Waals surface area contributed by atoms with Crippen LogP contribution in [0.3, 0.4) is 0 Å². The second-order valence-electron chi connectivity index (χ2n) is 5.14. The first kappa shape index (κ1) is 15.1. The minimum Gasteiger partial charge on any atom is -0.348 e. The predicted octanol–water partition coefficient (Wildman–Crippen LogP) is 3.20. The lowest BCUT2D eigenvalue weighted by Crippen LogP contribution is -2.36. The summed E-state index contributed by atoms with van der Waals surface area (Å²) in [5, 5.41) is 6.72. The van der Waals surface area contributed by atoms with E-state index in [2.05, 4.69) is 15.2 Å². The summed E-state index contributed by atoms with van der Waals surface area (Å²) in [7, 11) is 0. The van der Waals surface area contributed by atoms with Gasteiger partial charge in [-0.25, -0.2) is 4.98 Å². The monoisotopic (exact) mass is 333 g/mol. The van der Waals surface area contributed by atoms with Gasteiger partial charge in [-0.1, -0.05) is 23.7 Å². The van der Waals surface area contributed by atoms with E-state index in [1.54, 1.807) is 29.7 Å². The molecule has 1 unspecified atom stereocenters. The van der Waals surface area contributed by atoms with Gasteiger partial charge in [0.05, 0.1) is 0 Å². The highest BCUT2D eigenvalue weighted by molar-refractivity contribution is 7.13. The molecule has 0 radical (unpaired) electrons. The van der Waals surface area contributed by atoms with Gasteiger partial charge in [0.1, 0.15) is 0 Å². The molecule has 0 bridgehead atoms. The number of rotatable bonds is 4. The van der Waals surface area contributed by atoms with Crippen LogP contribution < -0.4 is 10.2 Å². The summed E-state index contributed by atoms with van der Waals surface area (Å²) in [6.45, 7) is 1.74. The van der Waals surface area contributed by atoms with Crippen LogP contribution in [0.1, 0.15) is 12.0 Å². The molecule has 1 atom stereocenters. The number of nitrogens with one attached hydrogen (secondary N) is 1. The molecule has 1 aliphatic heterocycles. The Hall–Kier alpha value is -1.85. The zero-order chi connectivity index (χ0) is 15.4. The molecule has 1 saturated heterocycles. The van der Waals surface area contributed by atoms with Gasteiger partial charge in [-0.05, 0) is 30.2 Å². The number of benzene rings is 1. The number of hydrogen-bond donors (Lipinski definition) is 1. The van der Waals surface area contributed by atoms with Crippen molar-refractivity contribution in [2.75, 3.05) is 18.0 Å². The number of carbonyl (C=O) groups is 1. The first-order chi connectivity index (χ1) is 10.7. The van der Waals surface area contributed by atoms with Crippen LogP contribution in [0.15, 0.2) is 41.9 Å². The van der Waals surface area contributed by atoms with E-state index in [9.17, 15) is 4.79 Å². The van der Waals surface area contributed by atoms with Gasteiger partial charge in [-0.2, -0.15) is 0 Å². The van der Waals surface area contributed by atoms with Crippen molar-refractivity contribution in [3.63, 3.8) is 0 Å². The molecule has 3 rings (SSSR count). The number of amides is 1. The molecular formula is C16H16ClN3OS. The van der Waals surface area contributed by atoms with E-state index in [1.807, 2.05) is 29.6 Å². The maximum Gasteiger partial charge on any atom is 0.244 e. The van der Waals surface area contributed by atoms with Crippen LogP contribution in [0.2, 0.25) is 5.02 Å². The van der Waals surface area contributed by atoms with E-state index in [1.165, 1.54) is 0 Å². The standard InChI is InChI=1S/C16H16ClN3OS/c17-13-4-1-12(2-5-13)3-6-15(21)19-14-7-9-20(11-14)16-18-8-10-22-16/h1-6,8,10,14H,7,9,11H2,(H,19,21)/b6-3+. The lowest BCUT2D eigenvalue weighted by molar-refractivity contribution is -0.117. The van der Waals surface area contributed by atoms with Crippen LogP contribution in [0.25, 0.3) is 6.08 Å². The molecule has 1 aromatic carbocycles. The molecule has 6 heteroatoms. The van der Waals surface area contributed by atoms with Crippen molar-refractivity contribution in [3.8, 4) is 0 Å². The number of thiazole rings is 1. The Bertz CT molecular complexity index is 655. The number of halogens is 1. The van der Waals surface area contributed by atoms with Crippen LogP contribution in [0.4, 0.5) is 5.13 Å². The molecular weight excluding hydrogens is 318 g/mol. The Labute approximate surface area is 138 Å². The van der Waals surface area contributed by atoms with Crippen molar-refractivity contribution < 1.29 is 4.79 Å². The van der Waals surface area contributed by atoms with Crippen LogP contribution in [-0.2, 0) is 4.79 Å². The molecule has 1 fully saturated rings. The molecule has 1 aromatic heterocycles. The van der Waals surface area contributed by atoms with Crippen molar-refractivity contribution in [1.82, 2.24) is 10.3 Å². The summed E-state index contributed by atoms with van der Waals surface area (Å²) in [4.78, 5) is 18.5. The highest BCUT2D eigenvalue weighted by Crippen LogP contribution is 2.22. The van der Waals surface area contributed by atoms with Crippen LogP contribution in [0.5, 0.6) is 0 Å². The number of carbonyl (C=O) groups excluding carboxylic acids is 1. The Morgan fingerprint density at radius 3 is 2.95 bits per heavy atom. The third kappa shape index (κ3) is 3.87. The lowest BCUT2D eigenvalue weighted by atomic mass is 10.2. The molecule has 22 heavy (non-hydrogen) atoms. The molecule has 0 aliphatic carbocycles. The van der Waals surface area contributed by atoms with Crippen molar-refractivity contribution in [3.05, 3.63) is 52.5 Å². The summed E-state index contributed by atoms with van der Waals surface area (Å²) >= 11 is 7.46. The Kier molecular flexibility index (Phi) is 4.75.